The number of nitrogens with zero attached hydrogens (tertiary/aromatic N) is 5. The van der Waals surface area contributed by atoms with Gasteiger partial charge in [-0.05, 0) is 37.3 Å². The van der Waals surface area contributed by atoms with E-state index in [1.165, 1.54) is 17.9 Å². The van der Waals surface area contributed by atoms with E-state index in [2.05, 4.69) is 30.7 Å². The van der Waals surface area contributed by atoms with Gasteiger partial charge in [0.2, 0.25) is 5.95 Å². The third-order valence-electron chi connectivity index (χ3n) is 4.06. The molecular weight excluding hydrogens is 374 g/mol. The second-order valence-corrected chi connectivity index (χ2v) is 6.27. The van der Waals surface area contributed by atoms with E-state index >= 15 is 0 Å². The van der Waals surface area contributed by atoms with Gasteiger partial charge in [-0.15, -0.1) is 5.10 Å². The number of amides is 1. The van der Waals surface area contributed by atoms with Gasteiger partial charge in [-0.25, -0.2) is 4.99 Å². The van der Waals surface area contributed by atoms with Crippen LogP contribution in [-0.2, 0) is 0 Å². The third-order valence-corrected chi connectivity index (χ3v) is 4.06. The summed E-state index contributed by atoms with van der Waals surface area (Å²) in [5.41, 5.74) is 1.69. The maximum absolute atomic E-state index is 12.0. The van der Waals surface area contributed by atoms with Gasteiger partial charge in [0.15, 0.2) is 0 Å². The molecule has 0 aliphatic carbocycles. The summed E-state index contributed by atoms with van der Waals surface area (Å²) in [6.07, 6.45) is 1.74. The molecule has 0 fully saturated rings. The molecule has 10 nitrogen and oxygen atoms in total. The fraction of sp³-hybridized carbons (Fsp3) is 0.158. The highest BCUT2D eigenvalue weighted by Gasteiger charge is 2.21. The van der Waals surface area contributed by atoms with E-state index in [1.54, 1.807) is 43.3 Å². The number of rotatable bonds is 5. The van der Waals surface area contributed by atoms with Gasteiger partial charge in [-0.1, -0.05) is 0 Å². The molecule has 2 aromatic heterocycles. The second kappa shape index (κ2) is 7.50. The first kappa shape index (κ1) is 18.3. The summed E-state index contributed by atoms with van der Waals surface area (Å²) in [6, 6.07) is 10.3. The molecule has 3 heterocycles. The van der Waals surface area contributed by atoms with Gasteiger partial charge in [0, 0.05) is 30.7 Å². The maximum atomic E-state index is 12.0. The largest absolute Gasteiger partial charge is 0.457 e. The van der Waals surface area contributed by atoms with Crippen molar-refractivity contribution in [3.8, 4) is 11.5 Å². The van der Waals surface area contributed by atoms with Gasteiger partial charge in [0.05, 0.1) is 6.42 Å². The summed E-state index contributed by atoms with van der Waals surface area (Å²) in [4.78, 5) is 36.1. The van der Waals surface area contributed by atoms with Crippen LogP contribution >= 0.6 is 0 Å². The van der Waals surface area contributed by atoms with Crippen molar-refractivity contribution < 1.29 is 14.3 Å². The number of anilines is 2. The molecule has 1 aliphatic heterocycles. The predicted octanol–water partition coefficient (Wildman–Crippen LogP) is 2.70. The van der Waals surface area contributed by atoms with Crippen molar-refractivity contribution in [1.29, 1.82) is 0 Å². The lowest BCUT2D eigenvalue weighted by Gasteiger charge is -2.08. The lowest BCUT2D eigenvalue weighted by Crippen LogP contribution is -2.19. The van der Waals surface area contributed by atoms with Crippen LogP contribution in [0.4, 0.5) is 17.6 Å². The number of fused-ring (bicyclic) bond motifs is 1. The number of carbonyl (C=O) groups is 2. The zero-order valence-corrected chi connectivity index (χ0v) is 15.7. The van der Waals surface area contributed by atoms with E-state index < -0.39 is 0 Å². The van der Waals surface area contributed by atoms with Gasteiger partial charge >= 0.3 is 0 Å². The molecular formula is C19H17N7O3. The summed E-state index contributed by atoms with van der Waals surface area (Å²) in [7, 11) is 1.54. The molecule has 1 aliphatic rings. The quantitative estimate of drug-likeness (QED) is 0.685. The number of pyridine rings is 1. The molecule has 2 N–H and O–H groups in total. The van der Waals surface area contributed by atoms with Crippen LogP contribution in [-0.4, -0.2) is 44.3 Å². The Morgan fingerprint density at radius 3 is 2.72 bits per heavy atom. The average molecular weight is 391 g/mol. The topological polar surface area (TPSA) is 123 Å². The highest BCUT2D eigenvalue weighted by atomic mass is 16.5. The average Bonchev–Trinajstić information content (AvgIpc) is 3.11. The van der Waals surface area contributed by atoms with E-state index in [4.69, 9.17) is 4.74 Å². The lowest BCUT2D eigenvalue weighted by molar-refractivity contribution is 0.0905. The van der Waals surface area contributed by atoms with Gasteiger partial charge in [0.1, 0.15) is 17.2 Å². The lowest BCUT2D eigenvalue weighted by atomic mass is 10.2. The van der Waals surface area contributed by atoms with E-state index in [-0.39, 0.29) is 35.8 Å². The summed E-state index contributed by atoms with van der Waals surface area (Å²) >= 11 is 0. The Balaban J connectivity index is 1.46. The number of ether oxygens (including phenoxy) is 1. The Morgan fingerprint density at radius 1 is 1.17 bits per heavy atom. The zero-order valence-electron chi connectivity index (χ0n) is 15.7. The van der Waals surface area contributed by atoms with E-state index in [0.29, 0.717) is 22.9 Å². The van der Waals surface area contributed by atoms with Crippen molar-refractivity contribution in [2.45, 2.75) is 13.3 Å². The Kier molecular flexibility index (Phi) is 4.73. The predicted molar refractivity (Wildman–Crippen MR) is 105 cm³/mol. The van der Waals surface area contributed by atoms with Crippen molar-refractivity contribution in [1.82, 2.24) is 25.1 Å². The molecule has 0 saturated heterocycles. The number of aromatic nitrogens is 4. The smallest absolute Gasteiger partial charge is 0.269 e. The van der Waals surface area contributed by atoms with E-state index in [9.17, 15) is 9.59 Å². The maximum Gasteiger partial charge on any atom is 0.269 e. The molecule has 3 aromatic rings. The standard InChI is InChI=1S/C19H17N7O3/c1-11-9-16(27)26-19(22-11)24-18(25-26)23-12-3-5-13(6-4-12)29-14-7-8-21-15(10-14)17(28)20-2/h3-8,10H,9H2,1-2H3,(H,20,28)(H,23,25). The molecule has 0 unspecified atom stereocenters. The van der Waals surface area contributed by atoms with Crippen molar-refractivity contribution in [2.24, 2.45) is 4.99 Å². The SMILES string of the molecule is CNC(=O)c1cc(Oc2ccc(Nc3nc4n(n3)C(=O)CC(C)=N4)cc2)ccn1. The molecule has 0 saturated carbocycles. The Hall–Kier alpha value is -4.08. The van der Waals surface area contributed by atoms with Crippen LogP contribution in [0.2, 0.25) is 0 Å². The molecule has 10 heteroatoms. The Labute approximate surface area is 165 Å². The molecule has 1 amide bonds. The number of nitrogens with one attached hydrogen (secondary N) is 2. The van der Waals surface area contributed by atoms with Crippen molar-refractivity contribution in [3.63, 3.8) is 0 Å². The summed E-state index contributed by atoms with van der Waals surface area (Å²) in [5, 5.41) is 9.70. The number of hydrogen-bond acceptors (Lipinski definition) is 8. The molecule has 0 bridgehead atoms. The van der Waals surface area contributed by atoms with Crippen LogP contribution in [0.15, 0.2) is 47.6 Å². The molecule has 4 rings (SSSR count). The molecule has 29 heavy (non-hydrogen) atoms. The molecule has 0 spiro atoms. The first-order valence-corrected chi connectivity index (χ1v) is 8.79. The molecule has 0 atom stereocenters. The third kappa shape index (κ3) is 3.95. The van der Waals surface area contributed by atoms with Gasteiger partial charge in [0.25, 0.3) is 17.8 Å². The number of carbonyl (C=O) groups excluding carboxylic acids is 2. The normalized spacial score (nSPS) is 12.8. The summed E-state index contributed by atoms with van der Waals surface area (Å²) < 4.78 is 6.96. The fourth-order valence-electron chi connectivity index (χ4n) is 2.70. The van der Waals surface area contributed by atoms with Crippen LogP contribution in [0.3, 0.4) is 0 Å². The highest BCUT2D eigenvalue weighted by Crippen LogP contribution is 2.25. The monoisotopic (exact) mass is 391 g/mol. The van der Waals surface area contributed by atoms with Crippen molar-refractivity contribution in [3.05, 3.63) is 48.3 Å². The van der Waals surface area contributed by atoms with Crippen LogP contribution in [0, 0.1) is 0 Å². The van der Waals surface area contributed by atoms with E-state index in [0.717, 1.165) is 0 Å². The van der Waals surface area contributed by atoms with Crippen LogP contribution in [0.25, 0.3) is 0 Å². The summed E-state index contributed by atoms with van der Waals surface area (Å²) in [6.45, 7) is 1.78. The minimum absolute atomic E-state index is 0.162. The first-order chi connectivity index (χ1) is 14.0. The highest BCUT2D eigenvalue weighted by molar-refractivity contribution is 6.04. The number of benzene rings is 1. The Bertz CT molecular complexity index is 1120. The second-order valence-electron chi connectivity index (χ2n) is 6.27. The van der Waals surface area contributed by atoms with Crippen LogP contribution in [0.5, 0.6) is 11.5 Å². The minimum atomic E-state index is -0.289. The van der Waals surface area contributed by atoms with Gasteiger partial charge in [-0.3, -0.25) is 14.6 Å². The number of hydrogen-bond donors (Lipinski definition) is 2. The zero-order chi connectivity index (χ0) is 20.4. The molecule has 0 radical (unpaired) electrons. The van der Waals surface area contributed by atoms with Crippen molar-refractivity contribution >= 4 is 35.1 Å². The molecule has 1 aromatic carbocycles. The fourth-order valence-corrected chi connectivity index (χ4v) is 2.70. The van der Waals surface area contributed by atoms with Crippen LogP contribution in [0.1, 0.15) is 28.6 Å². The summed E-state index contributed by atoms with van der Waals surface area (Å²) in [5.74, 6) is 1.18. The van der Waals surface area contributed by atoms with Crippen molar-refractivity contribution in [2.75, 3.05) is 12.4 Å². The minimum Gasteiger partial charge on any atom is -0.457 e. The van der Waals surface area contributed by atoms with Gasteiger partial charge in [-0.2, -0.15) is 9.67 Å². The Morgan fingerprint density at radius 2 is 1.97 bits per heavy atom. The molecule has 146 valence electrons. The number of aliphatic imine (C=N–C) groups is 1. The van der Waals surface area contributed by atoms with Gasteiger partial charge < -0.3 is 15.4 Å². The first-order valence-electron chi connectivity index (χ1n) is 8.79. The van der Waals surface area contributed by atoms with E-state index in [1.807, 2.05) is 0 Å². The van der Waals surface area contributed by atoms with Crippen LogP contribution < -0.4 is 15.4 Å².